The van der Waals surface area contributed by atoms with Crippen LogP contribution in [0.2, 0.25) is 4.34 Å². The van der Waals surface area contributed by atoms with Crippen LogP contribution in [0.25, 0.3) is 0 Å². The normalized spacial score (nSPS) is 29.6. The molecule has 2 aliphatic heterocycles. The lowest BCUT2D eigenvalue weighted by molar-refractivity contribution is -0.0954. The summed E-state index contributed by atoms with van der Waals surface area (Å²) in [7, 11) is 0. The van der Waals surface area contributed by atoms with Gasteiger partial charge in [0.25, 0.3) is 0 Å². The Labute approximate surface area is 149 Å². The second kappa shape index (κ2) is 5.99. The van der Waals surface area contributed by atoms with Gasteiger partial charge in [0, 0.05) is 23.4 Å². The van der Waals surface area contributed by atoms with Crippen molar-refractivity contribution in [3.8, 4) is 5.75 Å². The second-order valence-corrected chi connectivity index (χ2v) is 8.42. The van der Waals surface area contributed by atoms with E-state index in [-0.39, 0.29) is 23.4 Å². The summed E-state index contributed by atoms with van der Waals surface area (Å²) >= 11 is 7.85. The van der Waals surface area contributed by atoms with Crippen LogP contribution < -0.4 is 5.32 Å². The Hall–Kier alpha value is -1.14. The fourth-order valence-electron chi connectivity index (χ4n) is 4.01. The number of phenolic OH excluding ortho intramolecular Hbond substituents is 1. The van der Waals surface area contributed by atoms with Gasteiger partial charge in [-0.2, -0.15) is 0 Å². The van der Waals surface area contributed by atoms with Gasteiger partial charge in [-0.15, -0.1) is 11.3 Å². The molecule has 4 rings (SSSR count). The molecule has 2 N–H and O–H groups in total. The highest BCUT2D eigenvalue weighted by molar-refractivity contribution is 7.16. The summed E-state index contributed by atoms with van der Waals surface area (Å²) in [6.07, 6.45) is 2.49. The lowest BCUT2D eigenvalue weighted by Gasteiger charge is -2.46. The van der Waals surface area contributed by atoms with Gasteiger partial charge in [-0.25, -0.2) is 4.39 Å². The number of rotatable bonds is 1. The number of nitrogens with one attached hydrogen (secondary N) is 1. The molecule has 6 heteroatoms. The molecular weight excluding hydrogens is 349 g/mol. The third-order valence-corrected chi connectivity index (χ3v) is 6.46. The molecule has 1 saturated heterocycles. The molecule has 2 aromatic rings. The minimum Gasteiger partial charge on any atom is -0.505 e. The molecule has 128 valence electrons. The third kappa shape index (κ3) is 2.73. The lowest BCUT2D eigenvalue weighted by atomic mass is 9.78. The van der Waals surface area contributed by atoms with Gasteiger partial charge < -0.3 is 15.2 Å². The number of fused-ring (bicyclic) bond motifs is 2. The quantitative estimate of drug-likeness (QED) is 0.778. The molecule has 0 aliphatic carbocycles. The molecule has 0 radical (unpaired) electrons. The summed E-state index contributed by atoms with van der Waals surface area (Å²) in [5.41, 5.74) is 1.74. The summed E-state index contributed by atoms with van der Waals surface area (Å²) in [6, 6.07) is 6.83. The summed E-state index contributed by atoms with van der Waals surface area (Å²) in [5, 5.41) is 13.0. The number of hydrogen-bond donors (Lipinski definition) is 2. The number of ether oxygens (including phenoxy) is 1. The van der Waals surface area contributed by atoms with Crippen molar-refractivity contribution in [3.05, 3.63) is 50.4 Å². The third-order valence-electron chi connectivity index (χ3n) is 4.97. The standard InChI is InChI=1S/C18H19ClFNO2S/c1-10-8-18(17-12(4-5-23-18)7-16(19)24-17)9-14(21-10)11-2-3-15(22)13(20)6-11/h2-3,6-7,10,14,21-22H,4-5,8-9H2,1H3. The van der Waals surface area contributed by atoms with E-state index in [1.807, 2.05) is 6.07 Å². The first kappa shape index (κ1) is 16.3. The van der Waals surface area contributed by atoms with Crippen molar-refractivity contribution < 1.29 is 14.2 Å². The number of benzene rings is 1. The minimum atomic E-state index is -0.592. The van der Waals surface area contributed by atoms with Crippen molar-refractivity contribution in [2.75, 3.05) is 6.61 Å². The number of thiophene rings is 1. The lowest BCUT2D eigenvalue weighted by Crippen LogP contribution is -2.49. The van der Waals surface area contributed by atoms with Crippen LogP contribution in [-0.2, 0) is 16.8 Å². The summed E-state index contributed by atoms with van der Waals surface area (Å²) < 4.78 is 20.9. The Morgan fingerprint density at radius 2 is 2.21 bits per heavy atom. The van der Waals surface area contributed by atoms with Gasteiger partial charge in [0.05, 0.1) is 10.9 Å². The molecule has 1 aromatic carbocycles. The molecule has 3 heterocycles. The molecule has 0 bridgehead atoms. The van der Waals surface area contributed by atoms with Gasteiger partial charge in [-0.05, 0) is 49.1 Å². The van der Waals surface area contributed by atoms with E-state index in [9.17, 15) is 9.50 Å². The highest BCUT2D eigenvalue weighted by Crippen LogP contribution is 2.50. The Morgan fingerprint density at radius 3 is 3.00 bits per heavy atom. The SMILES string of the molecule is CC1CC2(CC(c3ccc(O)c(F)c3)N1)OCCc1cc(Cl)sc12. The monoisotopic (exact) mass is 367 g/mol. The maximum Gasteiger partial charge on any atom is 0.165 e. The van der Waals surface area contributed by atoms with Crippen molar-refractivity contribution >= 4 is 22.9 Å². The molecule has 2 aliphatic rings. The van der Waals surface area contributed by atoms with Crippen molar-refractivity contribution in [2.24, 2.45) is 0 Å². The van der Waals surface area contributed by atoms with Gasteiger partial charge in [0.15, 0.2) is 11.6 Å². The number of phenols is 1. The summed E-state index contributed by atoms with van der Waals surface area (Å²) in [4.78, 5) is 1.22. The maximum absolute atomic E-state index is 13.8. The first-order valence-electron chi connectivity index (χ1n) is 8.14. The molecule has 3 unspecified atom stereocenters. The highest BCUT2D eigenvalue weighted by atomic mass is 35.5. The van der Waals surface area contributed by atoms with Gasteiger partial charge in [-0.1, -0.05) is 17.7 Å². The molecule has 24 heavy (non-hydrogen) atoms. The zero-order valence-corrected chi connectivity index (χ0v) is 14.9. The number of halogens is 2. The fourth-order valence-corrected chi connectivity index (χ4v) is 5.48. The van der Waals surface area contributed by atoms with E-state index in [0.717, 1.165) is 29.2 Å². The second-order valence-electron chi connectivity index (χ2n) is 6.74. The number of hydrogen-bond acceptors (Lipinski definition) is 4. The Balaban J connectivity index is 1.72. The highest BCUT2D eigenvalue weighted by Gasteiger charge is 2.46. The van der Waals surface area contributed by atoms with Crippen LogP contribution in [0.5, 0.6) is 5.75 Å². The van der Waals surface area contributed by atoms with Crippen LogP contribution in [0.15, 0.2) is 24.3 Å². The van der Waals surface area contributed by atoms with E-state index >= 15 is 0 Å². The van der Waals surface area contributed by atoms with E-state index in [1.165, 1.54) is 22.6 Å². The zero-order chi connectivity index (χ0) is 16.9. The smallest absolute Gasteiger partial charge is 0.165 e. The molecule has 3 nitrogen and oxygen atoms in total. The first-order valence-corrected chi connectivity index (χ1v) is 9.33. The molecule has 1 spiro atoms. The van der Waals surface area contributed by atoms with E-state index in [0.29, 0.717) is 6.61 Å². The zero-order valence-electron chi connectivity index (χ0n) is 13.3. The van der Waals surface area contributed by atoms with Crippen LogP contribution in [0.4, 0.5) is 4.39 Å². The van der Waals surface area contributed by atoms with E-state index in [1.54, 1.807) is 17.4 Å². The van der Waals surface area contributed by atoms with E-state index in [2.05, 4.69) is 12.2 Å². The van der Waals surface area contributed by atoms with E-state index in [4.69, 9.17) is 16.3 Å². The molecular formula is C18H19ClFNO2S. The fraction of sp³-hybridized carbons (Fsp3) is 0.444. The van der Waals surface area contributed by atoms with Crippen LogP contribution in [0.1, 0.15) is 41.8 Å². The van der Waals surface area contributed by atoms with Gasteiger partial charge >= 0.3 is 0 Å². The number of aromatic hydroxyl groups is 1. The topological polar surface area (TPSA) is 41.5 Å². The van der Waals surface area contributed by atoms with Gasteiger partial charge in [-0.3, -0.25) is 0 Å². The molecule has 1 fully saturated rings. The first-order chi connectivity index (χ1) is 11.5. The van der Waals surface area contributed by atoms with Crippen LogP contribution in [0, 0.1) is 5.82 Å². The minimum absolute atomic E-state index is 0.0318. The maximum atomic E-state index is 13.8. The Kier molecular flexibility index (Phi) is 4.07. The molecule has 1 aromatic heterocycles. The predicted molar refractivity (Wildman–Crippen MR) is 93.3 cm³/mol. The van der Waals surface area contributed by atoms with Gasteiger partial charge in [0.1, 0.15) is 5.60 Å². The molecule has 0 amide bonds. The largest absolute Gasteiger partial charge is 0.505 e. The Morgan fingerprint density at radius 1 is 1.38 bits per heavy atom. The van der Waals surface area contributed by atoms with Crippen molar-refractivity contribution in [1.29, 1.82) is 0 Å². The van der Waals surface area contributed by atoms with Crippen molar-refractivity contribution in [1.82, 2.24) is 5.32 Å². The predicted octanol–water partition coefficient (Wildman–Crippen LogP) is 4.53. The van der Waals surface area contributed by atoms with Gasteiger partial charge in [0.2, 0.25) is 0 Å². The van der Waals surface area contributed by atoms with Crippen LogP contribution in [-0.4, -0.2) is 17.8 Å². The van der Waals surface area contributed by atoms with Crippen LogP contribution >= 0.6 is 22.9 Å². The average Bonchev–Trinajstić information content (AvgIpc) is 2.92. The number of piperidine rings is 1. The van der Waals surface area contributed by atoms with Crippen LogP contribution in [0.3, 0.4) is 0 Å². The molecule has 3 atom stereocenters. The summed E-state index contributed by atoms with van der Waals surface area (Å²) in [6.45, 7) is 2.81. The van der Waals surface area contributed by atoms with Crippen molar-refractivity contribution in [3.63, 3.8) is 0 Å². The average molecular weight is 368 g/mol. The van der Waals surface area contributed by atoms with Crippen molar-refractivity contribution in [2.45, 2.75) is 43.9 Å². The summed E-state index contributed by atoms with van der Waals surface area (Å²) in [5.74, 6) is -0.912. The molecule has 0 saturated carbocycles. The van der Waals surface area contributed by atoms with E-state index < -0.39 is 5.82 Å². The Bertz CT molecular complexity index is 780.